The van der Waals surface area contributed by atoms with Crippen LogP contribution in [0.15, 0.2) is 0 Å². The van der Waals surface area contributed by atoms with Crippen LogP contribution in [0.1, 0.15) is 13.3 Å². The second-order valence-electron chi connectivity index (χ2n) is 4.39. The maximum absolute atomic E-state index is 11.8. The van der Waals surface area contributed by atoms with Crippen LogP contribution in [0.4, 0.5) is 0 Å². The van der Waals surface area contributed by atoms with Gasteiger partial charge in [0.15, 0.2) is 0 Å². The Kier molecular flexibility index (Phi) is 5.35. The third-order valence-corrected chi connectivity index (χ3v) is 4.47. The first-order valence-corrected chi connectivity index (χ1v) is 7.51. The standard InChI is InChI=1S/C10H21N3O3S/c1-8-7-12-4-3-9(8)10(14)13-5-6-17(15,16)11-2/h8-9,11-12H,3-7H2,1-2H3,(H,13,14). The number of sulfonamides is 1. The summed E-state index contributed by atoms with van der Waals surface area (Å²) < 4.78 is 24.5. The molecule has 0 bridgehead atoms. The van der Waals surface area contributed by atoms with Gasteiger partial charge in [-0.3, -0.25) is 4.79 Å². The summed E-state index contributed by atoms with van der Waals surface area (Å²) in [6.07, 6.45) is 0.811. The van der Waals surface area contributed by atoms with Crippen LogP contribution in [0.5, 0.6) is 0 Å². The first kappa shape index (κ1) is 14.4. The quantitative estimate of drug-likeness (QED) is 0.587. The molecular weight excluding hydrogens is 242 g/mol. The van der Waals surface area contributed by atoms with Crippen LogP contribution in [0.2, 0.25) is 0 Å². The first-order chi connectivity index (χ1) is 7.96. The Morgan fingerprint density at radius 1 is 1.47 bits per heavy atom. The van der Waals surface area contributed by atoms with E-state index < -0.39 is 10.0 Å². The lowest BCUT2D eigenvalue weighted by atomic mass is 9.87. The summed E-state index contributed by atoms with van der Waals surface area (Å²) in [5, 5.41) is 5.91. The van der Waals surface area contributed by atoms with Gasteiger partial charge in [-0.2, -0.15) is 0 Å². The van der Waals surface area contributed by atoms with Crippen molar-refractivity contribution in [2.45, 2.75) is 13.3 Å². The molecule has 100 valence electrons. The van der Waals surface area contributed by atoms with Crippen LogP contribution in [-0.4, -0.2) is 46.8 Å². The summed E-state index contributed by atoms with van der Waals surface area (Å²) >= 11 is 0. The van der Waals surface area contributed by atoms with E-state index in [1.807, 2.05) is 6.92 Å². The molecule has 0 aromatic heterocycles. The van der Waals surface area contributed by atoms with Crippen molar-refractivity contribution in [3.05, 3.63) is 0 Å². The van der Waals surface area contributed by atoms with Crippen molar-refractivity contribution in [2.75, 3.05) is 32.4 Å². The Balaban J connectivity index is 2.34. The average Bonchev–Trinajstić information content (AvgIpc) is 2.29. The molecule has 1 heterocycles. The lowest BCUT2D eigenvalue weighted by Gasteiger charge is -2.28. The molecule has 1 rings (SSSR count). The van der Waals surface area contributed by atoms with Gasteiger partial charge in [-0.1, -0.05) is 6.92 Å². The molecule has 1 fully saturated rings. The summed E-state index contributed by atoms with van der Waals surface area (Å²) in [6, 6.07) is 0. The topological polar surface area (TPSA) is 87.3 Å². The highest BCUT2D eigenvalue weighted by Crippen LogP contribution is 2.18. The summed E-state index contributed by atoms with van der Waals surface area (Å²) in [5.41, 5.74) is 0. The molecule has 1 aliphatic heterocycles. The van der Waals surface area contributed by atoms with E-state index in [1.54, 1.807) is 0 Å². The zero-order valence-electron chi connectivity index (χ0n) is 10.3. The van der Waals surface area contributed by atoms with E-state index in [0.717, 1.165) is 19.5 Å². The summed E-state index contributed by atoms with van der Waals surface area (Å²) in [5.74, 6) is 0.178. The molecule has 0 aliphatic carbocycles. The second kappa shape index (κ2) is 6.32. The zero-order chi connectivity index (χ0) is 12.9. The Labute approximate surface area is 103 Å². The lowest BCUT2D eigenvalue weighted by molar-refractivity contribution is -0.127. The normalized spacial score (nSPS) is 25.5. The number of carbonyl (C=O) groups is 1. The first-order valence-electron chi connectivity index (χ1n) is 5.86. The third-order valence-electron chi connectivity index (χ3n) is 3.10. The molecule has 0 aromatic carbocycles. The monoisotopic (exact) mass is 263 g/mol. The van der Waals surface area contributed by atoms with Gasteiger partial charge in [-0.15, -0.1) is 0 Å². The van der Waals surface area contributed by atoms with Crippen LogP contribution < -0.4 is 15.4 Å². The van der Waals surface area contributed by atoms with E-state index in [-0.39, 0.29) is 24.1 Å². The minimum atomic E-state index is -3.24. The number of amides is 1. The molecule has 3 N–H and O–H groups in total. The summed E-state index contributed by atoms with van der Waals surface area (Å²) in [7, 11) is -1.87. The number of rotatable bonds is 5. The molecule has 0 aromatic rings. The number of carbonyl (C=O) groups excluding carboxylic acids is 1. The van der Waals surface area contributed by atoms with Gasteiger partial charge in [0.25, 0.3) is 0 Å². The molecule has 2 unspecified atom stereocenters. The van der Waals surface area contributed by atoms with Crippen molar-refractivity contribution in [3.8, 4) is 0 Å². The van der Waals surface area contributed by atoms with Crippen molar-refractivity contribution < 1.29 is 13.2 Å². The van der Waals surface area contributed by atoms with E-state index in [0.29, 0.717) is 5.92 Å². The molecule has 7 heteroatoms. The van der Waals surface area contributed by atoms with Gasteiger partial charge in [0, 0.05) is 12.5 Å². The highest BCUT2D eigenvalue weighted by atomic mass is 32.2. The molecule has 1 amide bonds. The van der Waals surface area contributed by atoms with Crippen LogP contribution in [0.3, 0.4) is 0 Å². The largest absolute Gasteiger partial charge is 0.355 e. The van der Waals surface area contributed by atoms with Gasteiger partial charge in [0.05, 0.1) is 5.75 Å². The number of piperidine rings is 1. The molecule has 1 saturated heterocycles. The predicted molar refractivity (Wildman–Crippen MR) is 66.0 cm³/mol. The van der Waals surface area contributed by atoms with E-state index in [1.165, 1.54) is 7.05 Å². The van der Waals surface area contributed by atoms with Crippen molar-refractivity contribution in [3.63, 3.8) is 0 Å². The fourth-order valence-electron chi connectivity index (χ4n) is 1.95. The van der Waals surface area contributed by atoms with Gasteiger partial charge < -0.3 is 10.6 Å². The molecule has 2 atom stereocenters. The summed E-state index contributed by atoms with van der Waals surface area (Å²) in [6.45, 7) is 3.88. The molecule has 0 saturated carbocycles. The van der Waals surface area contributed by atoms with Crippen LogP contribution >= 0.6 is 0 Å². The number of hydrogen-bond acceptors (Lipinski definition) is 4. The molecule has 6 nitrogen and oxygen atoms in total. The SMILES string of the molecule is CNS(=O)(=O)CCNC(=O)C1CCNCC1C. The maximum atomic E-state index is 11.8. The predicted octanol–water partition coefficient (Wildman–Crippen LogP) is -1.10. The van der Waals surface area contributed by atoms with Crippen molar-refractivity contribution in [1.29, 1.82) is 0 Å². The van der Waals surface area contributed by atoms with Gasteiger partial charge in [0.2, 0.25) is 15.9 Å². The molecule has 17 heavy (non-hydrogen) atoms. The van der Waals surface area contributed by atoms with Crippen molar-refractivity contribution >= 4 is 15.9 Å². The molecule has 1 aliphatic rings. The Bertz CT molecular complexity index is 356. The van der Waals surface area contributed by atoms with Crippen molar-refractivity contribution in [2.24, 2.45) is 11.8 Å². The zero-order valence-corrected chi connectivity index (χ0v) is 11.1. The van der Waals surface area contributed by atoms with Gasteiger partial charge >= 0.3 is 0 Å². The third kappa shape index (κ3) is 4.61. The highest BCUT2D eigenvalue weighted by molar-refractivity contribution is 7.89. The Morgan fingerprint density at radius 3 is 2.76 bits per heavy atom. The van der Waals surface area contributed by atoms with Crippen molar-refractivity contribution in [1.82, 2.24) is 15.4 Å². The molecule has 0 spiro atoms. The Morgan fingerprint density at radius 2 is 2.18 bits per heavy atom. The fourth-order valence-corrected chi connectivity index (χ4v) is 2.52. The number of nitrogens with one attached hydrogen (secondary N) is 3. The van der Waals surface area contributed by atoms with Gasteiger partial charge in [-0.05, 0) is 32.5 Å². The lowest BCUT2D eigenvalue weighted by Crippen LogP contribution is -2.44. The van der Waals surface area contributed by atoms with Crippen LogP contribution in [0, 0.1) is 11.8 Å². The number of hydrogen-bond donors (Lipinski definition) is 3. The fraction of sp³-hybridized carbons (Fsp3) is 0.900. The Hall–Kier alpha value is -0.660. The smallest absolute Gasteiger partial charge is 0.223 e. The average molecular weight is 263 g/mol. The van der Waals surface area contributed by atoms with E-state index >= 15 is 0 Å². The van der Waals surface area contributed by atoms with Crippen LogP contribution in [0.25, 0.3) is 0 Å². The van der Waals surface area contributed by atoms with Gasteiger partial charge in [-0.25, -0.2) is 13.1 Å². The van der Waals surface area contributed by atoms with Gasteiger partial charge in [0.1, 0.15) is 0 Å². The highest BCUT2D eigenvalue weighted by Gasteiger charge is 2.27. The summed E-state index contributed by atoms with van der Waals surface area (Å²) in [4.78, 5) is 11.8. The maximum Gasteiger partial charge on any atom is 0.223 e. The molecule has 0 radical (unpaired) electrons. The minimum absolute atomic E-state index is 0.00598. The van der Waals surface area contributed by atoms with Crippen LogP contribution in [-0.2, 0) is 14.8 Å². The minimum Gasteiger partial charge on any atom is -0.355 e. The van der Waals surface area contributed by atoms with E-state index in [2.05, 4.69) is 15.4 Å². The molecular formula is C10H21N3O3S. The second-order valence-corrected chi connectivity index (χ2v) is 6.44. The van der Waals surface area contributed by atoms with E-state index in [4.69, 9.17) is 0 Å². The van der Waals surface area contributed by atoms with E-state index in [9.17, 15) is 13.2 Å².